The lowest BCUT2D eigenvalue weighted by atomic mass is 10.4. The molecule has 1 fully saturated rings. The third kappa shape index (κ3) is 1.63. The van der Waals surface area contributed by atoms with E-state index >= 15 is 0 Å². The van der Waals surface area contributed by atoms with Crippen LogP contribution in [0.5, 0.6) is 0 Å². The molecule has 1 aliphatic rings. The predicted octanol–water partition coefficient (Wildman–Crippen LogP) is 1.19. The Labute approximate surface area is 81.6 Å². The van der Waals surface area contributed by atoms with Gasteiger partial charge in [-0.25, -0.2) is 10.0 Å². The number of hydrogen-bond acceptors (Lipinski definition) is 4. The third-order valence-corrected chi connectivity index (χ3v) is 2.23. The summed E-state index contributed by atoms with van der Waals surface area (Å²) in [6, 6.07) is 0. The van der Waals surface area contributed by atoms with Crippen LogP contribution in [0, 0.1) is 0 Å². The Morgan fingerprint density at radius 2 is 2.43 bits per heavy atom. The lowest BCUT2D eigenvalue weighted by Gasteiger charge is -2.10. The van der Waals surface area contributed by atoms with Gasteiger partial charge in [0.2, 0.25) is 0 Å². The number of amides is 1. The van der Waals surface area contributed by atoms with Crippen molar-refractivity contribution < 1.29 is 14.0 Å². The Kier molecular flexibility index (Phi) is 2.25. The number of hydrogen-bond donors (Lipinski definition) is 0. The minimum Gasteiger partial charge on any atom is -0.448 e. The first-order chi connectivity index (χ1) is 6.72. The Morgan fingerprint density at radius 3 is 3.00 bits per heavy atom. The molecule has 0 saturated heterocycles. The average molecular weight is 196 g/mol. The molecular formula is C9H12N2O3. The van der Waals surface area contributed by atoms with Gasteiger partial charge in [-0.15, -0.1) is 0 Å². The molecule has 0 atom stereocenters. The van der Waals surface area contributed by atoms with Crippen molar-refractivity contribution in [2.75, 3.05) is 14.2 Å². The second-order valence-electron chi connectivity index (χ2n) is 3.33. The lowest BCUT2D eigenvalue weighted by molar-refractivity contribution is -0.0760. The summed E-state index contributed by atoms with van der Waals surface area (Å²) in [5, 5.41) is 1.12. The molecule has 0 bridgehead atoms. The highest BCUT2D eigenvalue weighted by molar-refractivity contribution is 5.91. The van der Waals surface area contributed by atoms with Crippen LogP contribution in [0.25, 0.3) is 0 Å². The molecule has 0 unspecified atom stereocenters. The van der Waals surface area contributed by atoms with E-state index in [1.165, 1.54) is 20.4 Å². The van der Waals surface area contributed by atoms with E-state index in [2.05, 4.69) is 4.98 Å². The number of carbonyl (C=O) groups is 1. The molecule has 2 rings (SSSR count). The summed E-state index contributed by atoms with van der Waals surface area (Å²) in [6.45, 7) is 0. The third-order valence-electron chi connectivity index (χ3n) is 2.23. The molecule has 1 aromatic heterocycles. The fraction of sp³-hybridized carbons (Fsp3) is 0.556. The molecule has 1 aromatic rings. The van der Waals surface area contributed by atoms with Crippen LogP contribution in [0.3, 0.4) is 0 Å². The standard InChI is InChI=1S/C9H12N2O3/c1-11(13-2)9(12)7-5-14-8(10-7)6-3-4-6/h5-6H,3-4H2,1-2H3. The summed E-state index contributed by atoms with van der Waals surface area (Å²) in [7, 11) is 2.97. The van der Waals surface area contributed by atoms with Gasteiger partial charge >= 0.3 is 0 Å². The number of rotatable bonds is 3. The summed E-state index contributed by atoms with van der Waals surface area (Å²) in [5.74, 6) is 0.797. The number of oxazole rings is 1. The molecular weight excluding hydrogens is 184 g/mol. The van der Waals surface area contributed by atoms with Crippen molar-refractivity contribution in [3.05, 3.63) is 17.8 Å². The molecule has 1 aliphatic carbocycles. The highest BCUT2D eigenvalue weighted by Gasteiger charge is 2.29. The van der Waals surface area contributed by atoms with Gasteiger partial charge in [-0.2, -0.15) is 0 Å². The molecule has 76 valence electrons. The van der Waals surface area contributed by atoms with E-state index in [4.69, 9.17) is 9.25 Å². The fourth-order valence-corrected chi connectivity index (χ4v) is 1.15. The number of aromatic nitrogens is 1. The van der Waals surface area contributed by atoms with Crippen LogP contribution < -0.4 is 0 Å². The zero-order valence-electron chi connectivity index (χ0n) is 8.19. The van der Waals surface area contributed by atoms with Gasteiger partial charge in [0.05, 0.1) is 7.11 Å². The van der Waals surface area contributed by atoms with E-state index in [1.807, 2.05) is 0 Å². The van der Waals surface area contributed by atoms with Crippen LogP contribution in [0.2, 0.25) is 0 Å². The van der Waals surface area contributed by atoms with Gasteiger partial charge in [0, 0.05) is 13.0 Å². The minimum atomic E-state index is -0.289. The van der Waals surface area contributed by atoms with Gasteiger partial charge in [-0.3, -0.25) is 9.63 Å². The molecule has 1 saturated carbocycles. The highest BCUT2D eigenvalue weighted by Crippen LogP contribution is 2.39. The van der Waals surface area contributed by atoms with Crippen molar-refractivity contribution in [1.82, 2.24) is 10.0 Å². The van der Waals surface area contributed by atoms with Crippen molar-refractivity contribution in [1.29, 1.82) is 0 Å². The Morgan fingerprint density at radius 1 is 1.71 bits per heavy atom. The van der Waals surface area contributed by atoms with E-state index in [1.54, 1.807) is 0 Å². The van der Waals surface area contributed by atoms with Gasteiger partial charge in [0.15, 0.2) is 11.6 Å². The van der Waals surface area contributed by atoms with Crippen LogP contribution in [0.15, 0.2) is 10.7 Å². The van der Waals surface area contributed by atoms with Crippen molar-refractivity contribution in [2.45, 2.75) is 18.8 Å². The minimum absolute atomic E-state index is 0.289. The Hall–Kier alpha value is -1.36. The maximum absolute atomic E-state index is 11.5. The maximum atomic E-state index is 11.5. The second kappa shape index (κ2) is 3.42. The monoisotopic (exact) mass is 196 g/mol. The quantitative estimate of drug-likeness (QED) is 0.681. The smallest absolute Gasteiger partial charge is 0.299 e. The van der Waals surface area contributed by atoms with E-state index in [9.17, 15) is 4.79 Å². The average Bonchev–Trinajstić information content (AvgIpc) is 2.94. The molecule has 0 spiro atoms. The molecule has 0 radical (unpaired) electrons. The van der Waals surface area contributed by atoms with Crippen LogP contribution in [-0.4, -0.2) is 30.1 Å². The van der Waals surface area contributed by atoms with Gasteiger partial charge in [0.1, 0.15) is 6.26 Å². The summed E-state index contributed by atoms with van der Waals surface area (Å²) in [4.78, 5) is 20.4. The molecule has 0 aliphatic heterocycles. The van der Waals surface area contributed by atoms with Gasteiger partial charge in [-0.1, -0.05) is 0 Å². The lowest BCUT2D eigenvalue weighted by Crippen LogP contribution is -2.25. The second-order valence-corrected chi connectivity index (χ2v) is 3.33. The molecule has 5 nitrogen and oxygen atoms in total. The zero-order chi connectivity index (χ0) is 10.1. The summed E-state index contributed by atoms with van der Waals surface area (Å²) in [5.41, 5.74) is 0.302. The number of nitrogens with zero attached hydrogens (tertiary/aromatic N) is 2. The Balaban J connectivity index is 2.11. The zero-order valence-corrected chi connectivity index (χ0v) is 8.19. The van der Waals surface area contributed by atoms with Crippen molar-refractivity contribution >= 4 is 5.91 Å². The molecule has 14 heavy (non-hydrogen) atoms. The van der Waals surface area contributed by atoms with Crippen LogP contribution in [0.4, 0.5) is 0 Å². The first kappa shape index (κ1) is 9.21. The van der Waals surface area contributed by atoms with E-state index < -0.39 is 0 Å². The van der Waals surface area contributed by atoms with Crippen LogP contribution in [-0.2, 0) is 4.84 Å². The molecule has 0 aromatic carbocycles. The molecule has 1 heterocycles. The van der Waals surface area contributed by atoms with Crippen LogP contribution in [0.1, 0.15) is 35.1 Å². The SMILES string of the molecule is CON(C)C(=O)c1coc(C2CC2)n1. The largest absolute Gasteiger partial charge is 0.448 e. The normalized spacial score (nSPS) is 15.6. The Bertz CT molecular complexity index is 344. The molecule has 5 heteroatoms. The molecule has 0 N–H and O–H groups in total. The highest BCUT2D eigenvalue weighted by atomic mass is 16.7. The van der Waals surface area contributed by atoms with E-state index in [0.717, 1.165) is 17.9 Å². The van der Waals surface area contributed by atoms with Gasteiger partial charge in [0.25, 0.3) is 5.91 Å². The first-order valence-electron chi connectivity index (χ1n) is 4.50. The molecule has 1 amide bonds. The fourth-order valence-electron chi connectivity index (χ4n) is 1.15. The van der Waals surface area contributed by atoms with E-state index in [-0.39, 0.29) is 5.91 Å². The summed E-state index contributed by atoms with van der Waals surface area (Å²) >= 11 is 0. The van der Waals surface area contributed by atoms with Gasteiger partial charge in [-0.05, 0) is 12.8 Å². The summed E-state index contributed by atoms with van der Waals surface area (Å²) in [6.07, 6.45) is 3.59. The first-order valence-corrected chi connectivity index (χ1v) is 4.50. The number of carbonyl (C=O) groups excluding carboxylic acids is 1. The van der Waals surface area contributed by atoms with Crippen molar-refractivity contribution in [2.24, 2.45) is 0 Å². The predicted molar refractivity (Wildman–Crippen MR) is 47.6 cm³/mol. The summed E-state index contributed by atoms with van der Waals surface area (Å²) < 4.78 is 5.19. The van der Waals surface area contributed by atoms with Gasteiger partial charge < -0.3 is 4.42 Å². The van der Waals surface area contributed by atoms with Crippen molar-refractivity contribution in [3.8, 4) is 0 Å². The maximum Gasteiger partial charge on any atom is 0.299 e. The van der Waals surface area contributed by atoms with E-state index in [0.29, 0.717) is 17.5 Å². The van der Waals surface area contributed by atoms with Crippen molar-refractivity contribution in [3.63, 3.8) is 0 Å². The number of hydroxylamine groups is 2. The topological polar surface area (TPSA) is 55.6 Å². The van der Waals surface area contributed by atoms with Crippen LogP contribution >= 0.6 is 0 Å².